The number of nitrogens with one attached hydrogen (secondary N) is 1. The maximum Gasteiger partial charge on any atom is 0.252 e. The Hall–Kier alpha value is -1.60. The van der Waals surface area contributed by atoms with Gasteiger partial charge in [0.15, 0.2) is 0 Å². The van der Waals surface area contributed by atoms with Crippen molar-refractivity contribution in [3.05, 3.63) is 74.6 Å². The van der Waals surface area contributed by atoms with E-state index in [2.05, 4.69) is 43.9 Å². The van der Waals surface area contributed by atoms with Crippen molar-refractivity contribution in [3.8, 4) is 0 Å². The van der Waals surface area contributed by atoms with E-state index in [9.17, 15) is 4.79 Å². The van der Waals surface area contributed by atoms with Crippen LogP contribution in [0.25, 0.3) is 0 Å². The molecule has 0 unspecified atom stereocenters. The number of likely N-dealkylation sites (N-methyl/N-ethyl adjacent to an activating group) is 1. The fourth-order valence-corrected chi connectivity index (χ4v) is 5.14. The molecule has 0 saturated carbocycles. The molecular formula is C20H22N2OS3. The van der Waals surface area contributed by atoms with Crippen LogP contribution in [-0.2, 0) is 5.75 Å². The van der Waals surface area contributed by atoms with Crippen molar-refractivity contribution in [2.45, 2.75) is 16.7 Å². The first-order valence-electron chi connectivity index (χ1n) is 8.35. The van der Waals surface area contributed by atoms with Gasteiger partial charge in [0, 0.05) is 17.2 Å². The summed E-state index contributed by atoms with van der Waals surface area (Å²) in [5.74, 6) is 0.865. The van der Waals surface area contributed by atoms with Gasteiger partial charge in [-0.3, -0.25) is 4.79 Å². The third kappa shape index (κ3) is 4.98. The van der Waals surface area contributed by atoms with Crippen LogP contribution in [0.5, 0.6) is 0 Å². The second-order valence-corrected chi connectivity index (χ2v) is 8.74. The Morgan fingerprint density at radius 1 is 1.12 bits per heavy atom. The Kier molecular flexibility index (Phi) is 6.91. The largest absolute Gasteiger partial charge is 0.350 e. The van der Waals surface area contributed by atoms with Crippen molar-refractivity contribution in [1.29, 1.82) is 0 Å². The van der Waals surface area contributed by atoms with Gasteiger partial charge in [-0.05, 0) is 71.0 Å². The van der Waals surface area contributed by atoms with Crippen LogP contribution in [0.15, 0.2) is 62.8 Å². The van der Waals surface area contributed by atoms with Crippen LogP contribution in [0.2, 0.25) is 0 Å². The minimum atomic E-state index is -0.0134. The monoisotopic (exact) mass is 402 g/mol. The summed E-state index contributed by atoms with van der Waals surface area (Å²) in [6.45, 7) is 0.589. The Bertz CT molecular complexity index is 813. The van der Waals surface area contributed by atoms with Crippen LogP contribution in [0, 0.1) is 0 Å². The van der Waals surface area contributed by atoms with E-state index in [0.29, 0.717) is 6.54 Å². The van der Waals surface area contributed by atoms with Gasteiger partial charge in [-0.1, -0.05) is 12.1 Å². The molecular weight excluding hydrogens is 380 g/mol. The molecule has 0 saturated heterocycles. The minimum Gasteiger partial charge on any atom is -0.350 e. The highest BCUT2D eigenvalue weighted by Crippen LogP contribution is 2.27. The van der Waals surface area contributed by atoms with Gasteiger partial charge in [0.2, 0.25) is 0 Å². The molecule has 2 aromatic heterocycles. The molecule has 136 valence electrons. The number of hydrogen-bond acceptors (Lipinski definition) is 5. The van der Waals surface area contributed by atoms with Crippen molar-refractivity contribution in [1.82, 2.24) is 10.2 Å². The van der Waals surface area contributed by atoms with Gasteiger partial charge in [-0.25, -0.2) is 0 Å². The summed E-state index contributed by atoms with van der Waals surface area (Å²) < 4.78 is 0. The van der Waals surface area contributed by atoms with E-state index in [4.69, 9.17) is 0 Å². The first-order chi connectivity index (χ1) is 12.6. The Morgan fingerprint density at radius 3 is 2.58 bits per heavy atom. The van der Waals surface area contributed by atoms with Crippen LogP contribution in [0.3, 0.4) is 0 Å². The quantitative estimate of drug-likeness (QED) is 0.530. The number of carbonyl (C=O) groups excluding carboxylic acids is 1. The second-order valence-electron chi connectivity index (χ2n) is 6.16. The number of rotatable bonds is 8. The predicted molar refractivity (Wildman–Crippen MR) is 113 cm³/mol. The molecule has 3 rings (SSSR count). The summed E-state index contributed by atoms with van der Waals surface area (Å²) in [5.41, 5.74) is 3.27. The standard InChI is InChI=1S/C20H22N2OS3/c1-22(2)18(16-8-10-25-14-16)11-21-20(23)17-5-3-4-6-19(17)26-13-15-7-9-24-12-15/h3-10,12,14,18H,11,13H2,1-2H3,(H,21,23)/t18-/m0/s1. The molecule has 1 amide bonds. The first kappa shape index (κ1) is 19.2. The van der Waals surface area contributed by atoms with E-state index in [1.807, 2.05) is 38.4 Å². The Labute approximate surface area is 167 Å². The van der Waals surface area contributed by atoms with Crippen molar-refractivity contribution in [3.63, 3.8) is 0 Å². The molecule has 0 fully saturated rings. The first-order valence-corrected chi connectivity index (χ1v) is 11.2. The van der Waals surface area contributed by atoms with E-state index in [1.165, 1.54) is 11.1 Å². The third-order valence-electron chi connectivity index (χ3n) is 4.11. The van der Waals surface area contributed by atoms with Crippen molar-refractivity contribution in [2.75, 3.05) is 20.6 Å². The van der Waals surface area contributed by atoms with Crippen molar-refractivity contribution in [2.24, 2.45) is 0 Å². The summed E-state index contributed by atoms with van der Waals surface area (Å²) in [4.78, 5) is 15.9. The molecule has 0 aliphatic carbocycles. The summed E-state index contributed by atoms with van der Waals surface area (Å²) in [6.07, 6.45) is 0. The van der Waals surface area contributed by atoms with Crippen molar-refractivity contribution >= 4 is 40.3 Å². The number of carbonyl (C=O) groups is 1. The van der Waals surface area contributed by atoms with Gasteiger partial charge in [-0.15, -0.1) is 11.8 Å². The van der Waals surface area contributed by atoms with Gasteiger partial charge < -0.3 is 10.2 Å². The second kappa shape index (κ2) is 9.37. The molecule has 0 aliphatic heterocycles. The molecule has 0 spiro atoms. The van der Waals surface area contributed by atoms with Gasteiger partial charge >= 0.3 is 0 Å². The average molecular weight is 403 g/mol. The highest BCUT2D eigenvalue weighted by Gasteiger charge is 2.17. The van der Waals surface area contributed by atoms with Crippen LogP contribution in [0.4, 0.5) is 0 Å². The zero-order chi connectivity index (χ0) is 18.4. The third-order valence-corrected chi connectivity index (χ3v) is 6.69. The Balaban J connectivity index is 1.65. The maximum atomic E-state index is 12.8. The van der Waals surface area contributed by atoms with Gasteiger partial charge in [-0.2, -0.15) is 22.7 Å². The number of benzene rings is 1. The summed E-state index contributed by atoms with van der Waals surface area (Å²) in [7, 11) is 4.08. The number of thiophene rings is 2. The van der Waals surface area contributed by atoms with Crippen LogP contribution in [0.1, 0.15) is 27.5 Å². The number of hydrogen-bond donors (Lipinski definition) is 1. The smallest absolute Gasteiger partial charge is 0.252 e. The van der Waals surface area contributed by atoms with Crippen LogP contribution >= 0.6 is 34.4 Å². The summed E-state index contributed by atoms with van der Waals surface area (Å²) >= 11 is 5.09. The molecule has 0 bridgehead atoms. The summed E-state index contributed by atoms with van der Waals surface area (Å²) in [6, 6.07) is 12.3. The summed E-state index contributed by atoms with van der Waals surface area (Å²) in [5, 5.41) is 11.6. The van der Waals surface area contributed by atoms with E-state index in [0.717, 1.165) is 16.2 Å². The van der Waals surface area contributed by atoms with Gasteiger partial charge in [0.1, 0.15) is 0 Å². The van der Waals surface area contributed by atoms with E-state index in [-0.39, 0.29) is 11.9 Å². The van der Waals surface area contributed by atoms with Crippen molar-refractivity contribution < 1.29 is 4.79 Å². The molecule has 26 heavy (non-hydrogen) atoms. The zero-order valence-corrected chi connectivity index (χ0v) is 17.3. The predicted octanol–water partition coefficient (Wildman–Crippen LogP) is 5.13. The lowest BCUT2D eigenvalue weighted by atomic mass is 10.1. The minimum absolute atomic E-state index is 0.0134. The normalized spacial score (nSPS) is 12.3. The van der Waals surface area contributed by atoms with Crippen LogP contribution in [-0.4, -0.2) is 31.4 Å². The fraction of sp³-hybridized carbons (Fsp3) is 0.250. The molecule has 0 aliphatic rings. The Morgan fingerprint density at radius 2 is 1.88 bits per heavy atom. The molecule has 0 radical (unpaired) electrons. The maximum absolute atomic E-state index is 12.8. The zero-order valence-electron chi connectivity index (χ0n) is 14.8. The number of thioether (sulfide) groups is 1. The van der Waals surface area contributed by atoms with Crippen LogP contribution < -0.4 is 5.32 Å². The van der Waals surface area contributed by atoms with E-state index in [1.54, 1.807) is 34.4 Å². The number of amides is 1. The van der Waals surface area contributed by atoms with Gasteiger partial charge in [0.05, 0.1) is 11.6 Å². The number of nitrogens with zero attached hydrogens (tertiary/aromatic N) is 1. The van der Waals surface area contributed by atoms with Gasteiger partial charge in [0.25, 0.3) is 5.91 Å². The molecule has 3 aromatic rings. The lowest BCUT2D eigenvalue weighted by Crippen LogP contribution is -2.34. The molecule has 1 aromatic carbocycles. The SMILES string of the molecule is CN(C)[C@@H](CNC(=O)c1ccccc1SCc1ccsc1)c1ccsc1. The molecule has 6 heteroatoms. The lowest BCUT2D eigenvalue weighted by Gasteiger charge is -2.24. The molecule has 3 nitrogen and oxygen atoms in total. The highest BCUT2D eigenvalue weighted by atomic mass is 32.2. The average Bonchev–Trinajstić information content (AvgIpc) is 3.34. The highest BCUT2D eigenvalue weighted by molar-refractivity contribution is 7.98. The molecule has 1 N–H and O–H groups in total. The molecule has 1 atom stereocenters. The van der Waals surface area contributed by atoms with E-state index < -0.39 is 0 Å². The van der Waals surface area contributed by atoms with E-state index >= 15 is 0 Å². The molecule has 2 heterocycles. The fourth-order valence-electron chi connectivity index (χ4n) is 2.66. The topological polar surface area (TPSA) is 32.3 Å². The lowest BCUT2D eigenvalue weighted by molar-refractivity contribution is 0.0939.